The van der Waals surface area contributed by atoms with Crippen LogP contribution in [0.25, 0.3) is 0 Å². The van der Waals surface area contributed by atoms with Crippen LogP contribution in [0.2, 0.25) is 0 Å². The van der Waals surface area contributed by atoms with Gasteiger partial charge in [0.05, 0.1) is 0 Å². The smallest absolute Gasteiger partial charge is 0.306 e. The molecule has 1 unspecified atom stereocenters. The molecule has 81 heavy (non-hydrogen) atoms. The van der Waals surface area contributed by atoms with Gasteiger partial charge in [0.1, 0.15) is 13.2 Å². The number of esters is 3. The fourth-order valence-corrected chi connectivity index (χ4v) is 11.7. The van der Waals surface area contributed by atoms with Gasteiger partial charge in [-0.1, -0.05) is 380 Å². The summed E-state index contributed by atoms with van der Waals surface area (Å²) < 4.78 is 17.0. The highest BCUT2D eigenvalue weighted by Crippen LogP contribution is 2.20. The molecule has 0 heterocycles. The van der Waals surface area contributed by atoms with Gasteiger partial charge >= 0.3 is 17.9 Å². The van der Waals surface area contributed by atoms with Crippen molar-refractivity contribution < 1.29 is 28.6 Å². The zero-order valence-corrected chi connectivity index (χ0v) is 55.4. The molecule has 0 aliphatic heterocycles. The highest BCUT2D eigenvalue weighted by Gasteiger charge is 2.20. The lowest BCUT2D eigenvalue weighted by molar-refractivity contribution is -0.167. The van der Waals surface area contributed by atoms with Crippen molar-refractivity contribution >= 4 is 17.9 Å². The number of carbonyl (C=O) groups is 3. The second-order valence-electron chi connectivity index (χ2n) is 25.6. The molecule has 0 rings (SSSR count). The Morgan fingerprint density at radius 3 is 0.617 bits per heavy atom. The zero-order valence-electron chi connectivity index (χ0n) is 55.4. The van der Waals surface area contributed by atoms with Gasteiger partial charge in [0.15, 0.2) is 6.10 Å². The van der Waals surface area contributed by atoms with Gasteiger partial charge in [0.2, 0.25) is 0 Å². The normalized spacial score (nSPS) is 12.0. The number of hydrogen-bond donors (Lipinski definition) is 0. The van der Waals surface area contributed by atoms with Gasteiger partial charge in [-0.15, -0.1) is 0 Å². The number of allylic oxidation sites excluding steroid dienone is 2. The van der Waals surface area contributed by atoms with Crippen LogP contribution < -0.4 is 0 Å². The summed E-state index contributed by atoms with van der Waals surface area (Å²) in [6.07, 6.45) is 85.7. The van der Waals surface area contributed by atoms with Crippen molar-refractivity contribution in [3.63, 3.8) is 0 Å². The van der Waals surface area contributed by atoms with Crippen molar-refractivity contribution in [2.45, 2.75) is 438 Å². The maximum absolute atomic E-state index is 12.9. The molecule has 0 spiro atoms. The summed E-state index contributed by atoms with van der Waals surface area (Å²) in [6.45, 7) is 6.71. The predicted octanol–water partition coefficient (Wildman–Crippen LogP) is 25.6. The third-order valence-corrected chi connectivity index (χ3v) is 17.3. The Kier molecular flexibility index (Phi) is 69.0. The van der Waals surface area contributed by atoms with E-state index in [-0.39, 0.29) is 31.1 Å². The van der Waals surface area contributed by atoms with Crippen LogP contribution >= 0.6 is 0 Å². The van der Waals surface area contributed by atoms with Gasteiger partial charge < -0.3 is 14.2 Å². The van der Waals surface area contributed by atoms with E-state index in [0.29, 0.717) is 19.3 Å². The van der Waals surface area contributed by atoms with Gasteiger partial charge in [-0.2, -0.15) is 0 Å². The second-order valence-corrected chi connectivity index (χ2v) is 25.6. The van der Waals surface area contributed by atoms with Gasteiger partial charge in [-0.25, -0.2) is 0 Å². The number of carbonyl (C=O) groups excluding carboxylic acids is 3. The average molecular weight is 1140 g/mol. The molecule has 0 bridgehead atoms. The minimum Gasteiger partial charge on any atom is -0.462 e. The molecule has 0 saturated heterocycles. The maximum atomic E-state index is 12.9. The molecule has 6 nitrogen and oxygen atoms in total. The number of ether oxygens (including phenoxy) is 3. The quantitative estimate of drug-likeness (QED) is 0.0261. The van der Waals surface area contributed by atoms with E-state index in [4.69, 9.17) is 14.2 Å². The van der Waals surface area contributed by atoms with E-state index in [1.54, 1.807) is 0 Å². The van der Waals surface area contributed by atoms with E-state index in [2.05, 4.69) is 32.9 Å². The number of unbranched alkanes of at least 4 members (excludes halogenated alkanes) is 57. The topological polar surface area (TPSA) is 78.9 Å². The largest absolute Gasteiger partial charge is 0.462 e. The Labute approximate surface area is 507 Å². The molecule has 0 N–H and O–H groups in total. The van der Waals surface area contributed by atoms with Crippen molar-refractivity contribution in [2.24, 2.45) is 0 Å². The summed E-state index contributed by atoms with van der Waals surface area (Å²) in [5, 5.41) is 0. The van der Waals surface area contributed by atoms with E-state index < -0.39 is 6.10 Å². The SMILES string of the molecule is CCCCCCC/C=C\CCCCCCCC(=O)OC(COC(=O)CCCCCCCCCCCCCCCC)COC(=O)CCCCCCCCCCCCCCCCCCCCCCCCCCCCCCCCCCCCC. The monoisotopic (exact) mass is 1140 g/mol. The zero-order chi connectivity index (χ0) is 58.5. The average Bonchev–Trinajstić information content (AvgIpc) is 3.47. The Balaban J connectivity index is 4.01. The summed E-state index contributed by atoms with van der Waals surface area (Å²) in [6, 6.07) is 0. The summed E-state index contributed by atoms with van der Waals surface area (Å²) >= 11 is 0. The molecule has 0 radical (unpaired) electrons. The maximum Gasteiger partial charge on any atom is 0.306 e. The summed E-state index contributed by atoms with van der Waals surface area (Å²) in [5.74, 6) is -0.842. The molecule has 0 aromatic carbocycles. The second kappa shape index (κ2) is 70.6. The van der Waals surface area contributed by atoms with Crippen LogP contribution in [0.5, 0.6) is 0 Å². The van der Waals surface area contributed by atoms with Crippen LogP contribution in [0.3, 0.4) is 0 Å². The Morgan fingerprint density at radius 2 is 0.407 bits per heavy atom. The Hall–Kier alpha value is -1.85. The lowest BCUT2D eigenvalue weighted by Crippen LogP contribution is -2.30. The molecule has 0 aliphatic rings. The van der Waals surface area contributed by atoms with Crippen LogP contribution in [0.4, 0.5) is 0 Å². The molecule has 0 aliphatic carbocycles. The highest BCUT2D eigenvalue weighted by atomic mass is 16.6. The third-order valence-electron chi connectivity index (χ3n) is 17.3. The molecule has 6 heteroatoms. The van der Waals surface area contributed by atoms with Crippen molar-refractivity contribution in [3.05, 3.63) is 12.2 Å². The van der Waals surface area contributed by atoms with Crippen molar-refractivity contribution in [3.8, 4) is 0 Å². The van der Waals surface area contributed by atoms with Gasteiger partial charge in [-0.05, 0) is 44.9 Å². The molecule has 480 valence electrons. The summed E-state index contributed by atoms with van der Waals surface area (Å²) in [5.41, 5.74) is 0. The fraction of sp³-hybridized carbons (Fsp3) is 0.933. The highest BCUT2D eigenvalue weighted by molar-refractivity contribution is 5.71. The van der Waals surface area contributed by atoms with Crippen LogP contribution in [0, 0.1) is 0 Å². The van der Waals surface area contributed by atoms with E-state index in [9.17, 15) is 14.4 Å². The lowest BCUT2D eigenvalue weighted by Gasteiger charge is -2.18. The molecule has 0 amide bonds. The molecular weight excluding hydrogens is 997 g/mol. The van der Waals surface area contributed by atoms with Crippen molar-refractivity contribution in [1.29, 1.82) is 0 Å². The van der Waals surface area contributed by atoms with Gasteiger partial charge in [-0.3, -0.25) is 14.4 Å². The summed E-state index contributed by atoms with van der Waals surface area (Å²) in [4.78, 5) is 38.3. The van der Waals surface area contributed by atoms with E-state index in [0.717, 1.165) is 64.2 Å². The minimum absolute atomic E-state index is 0.0668. The van der Waals surface area contributed by atoms with Crippen LogP contribution in [0.1, 0.15) is 432 Å². The standard InChI is InChI=1S/C75H144O6/c1-4-7-10-13-16-19-22-25-28-29-30-31-32-33-34-35-36-37-38-39-40-41-42-43-44-45-46-47-48-51-53-56-59-62-65-68-74(77)80-71-72(81-75(78)69-66-63-60-57-54-50-27-24-21-18-15-12-9-6-3)70-79-73(76)67-64-61-58-55-52-49-26-23-20-17-14-11-8-5-2/h24,27,72H,4-23,25-26,28-71H2,1-3H3/b27-24-. The van der Waals surface area contributed by atoms with Gasteiger partial charge in [0, 0.05) is 19.3 Å². The third kappa shape index (κ3) is 68.8. The molecule has 0 aromatic rings. The minimum atomic E-state index is -0.770. The lowest BCUT2D eigenvalue weighted by atomic mass is 10.0. The van der Waals surface area contributed by atoms with E-state index in [1.165, 1.54) is 327 Å². The first kappa shape index (κ1) is 79.2. The van der Waals surface area contributed by atoms with E-state index in [1.807, 2.05) is 0 Å². The first-order valence-electron chi connectivity index (χ1n) is 37.2. The molecule has 0 saturated carbocycles. The van der Waals surface area contributed by atoms with Crippen LogP contribution in [-0.2, 0) is 28.6 Å². The first-order valence-corrected chi connectivity index (χ1v) is 37.2. The van der Waals surface area contributed by atoms with E-state index >= 15 is 0 Å². The molecule has 1 atom stereocenters. The summed E-state index contributed by atoms with van der Waals surface area (Å²) in [7, 11) is 0. The van der Waals surface area contributed by atoms with Gasteiger partial charge in [0.25, 0.3) is 0 Å². The van der Waals surface area contributed by atoms with Crippen molar-refractivity contribution in [2.75, 3.05) is 13.2 Å². The van der Waals surface area contributed by atoms with Crippen LogP contribution in [0.15, 0.2) is 12.2 Å². The van der Waals surface area contributed by atoms with Crippen molar-refractivity contribution in [1.82, 2.24) is 0 Å². The first-order chi connectivity index (χ1) is 40.0. The van der Waals surface area contributed by atoms with Crippen LogP contribution in [-0.4, -0.2) is 37.2 Å². The number of rotatable bonds is 70. The fourth-order valence-electron chi connectivity index (χ4n) is 11.7. The molecule has 0 fully saturated rings. The number of hydrogen-bond acceptors (Lipinski definition) is 6. The predicted molar refractivity (Wildman–Crippen MR) is 353 cm³/mol. The molecule has 0 aromatic heterocycles. The molecular formula is C75H144O6. The Morgan fingerprint density at radius 1 is 0.235 bits per heavy atom. The Bertz CT molecular complexity index is 1260.